The first-order valence-corrected chi connectivity index (χ1v) is 5.77. The Morgan fingerprint density at radius 3 is 2.90 bits per heavy atom. The fraction of sp³-hybridized carbons (Fsp3) is 0. The summed E-state index contributed by atoms with van der Waals surface area (Å²) in [5.74, 6) is -0.823. The monoisotopic (exact) mass is 264 g/mol. The fourth-order valence-corrected chi connectivity index (χ4v) is 2.00. The summed E-state index contributed by atoms with van der Waals surface area (Å²) in [5.41, 5.74) is 0.684. The smallest absolute Gasteiger partial charge is 0.339 e. The molecule has 0 aliphatic rings. The second kappa shape index (κ2) is 4.48. The molecule has 0 fully saturated rings. The highest BCUT2D eigenvalue weighted by molar-refractivity contribution is 5.96. The number of pyridine rings is 1. The van der Waals surface area contributed by atoms with Gasteiger partial charge in [-0.25, -0.2) is 14.8 Å². The van der Waals surface area contributed by atoms with Crippen molar-refractivity contribution in [3.63, 3.8) is 0 Å². The van der Waals surface area contributed by atoms with Crippen molar-refractivity contribution < 1.29 is 9.90 Å². The van der Waals surface area contributed by atoms with Crippen LogP contribution in [-0.2, 0) is 0 Å². The molecule has 3 rings (SSSR count). The highest BCUT2D eigenvalue weighted by atomic mass is 16.4. The first-order valence-electron chi connectivity index (χ1n) is 5.77. The lowest BCUT2D eigenvalue weighted by Crippen LogP contribution is -2.09. The van der Waals surface area contributed by atoms with Gasteiger partial charge in [-0.15, -0.1) is 0 Å². The van der Waals surface area contributed by atoms with Crippen LogP contribution in [0.25, 0.3) is 16.7 Å². The first-order chi connectivity index (χ1) is 9.70. The lowest BCUT2D eigenvalue weighted by molar-refractivity contribution is 0.0696. The van der Waals surface area contributed by atoms with Crippen molar-refractivity contribution in [1.29, 1.82) is 5.26 Å². The molecule has 96 valence electrons. The number of rotatable bonds is 2. The maximum absolute atomic E-state index is 11.4. The van der Waals surface area contributed by atoms with Crippen LogP contribution in [0.15, 0.2) is 42.7 Å². The van der Waals surface area contributed by atoms with E-state index in [4.69, 9.17) is 5.26 Å². The number of benzene rings is 1. The van der Waals surface area contributed by atoms with Crippen LogP contribution in [-0.4, -0.2) is 25.6 Å². The Morgan fingerprint density at radius 1 is 1.35 bits per heavy atom. The van der Waals surface area contributed by atoms with E-state index in [-0.39, 0.29) is 17.2 Å². The predicted molar refractivity (Wildman–Crippen MR) is 70.5 cm³/mol. The minimum Gasteiger partial charge on any atom is -0.478 e. The number of aromatic nitrogens is 3. The quantitative estimate of drug-likeness (QED) is 0.764. The van der Waals surface area contributed by atoms with E-state index in [0.717, 1.165) is 5.39 Å². The standard InChI is InChI=1S/C14H8N4O2/c15-8-12-16-5-6-18(12)13-10(14(19)20)7-9-3-1-2-4-11(9)17-13/h1-7H,(H,19,20). The molecule has 6 heteroatoms. The maximum atomic E-state index is 11.4. The molecule has 1 aromatic carbocycles. The van der Waals surface area contributed by atoms with E-state index in [2.05, 4.69) is 9.97 Å². The molecular weight excluding hydrogens is 256 g/mol. The van der Waals surface area contributed by atoms with Crippen molar-refractivity contribution in [2.24, 2.45) is 0 Å². The Labute approximate surface area is 113 Å². The van der Waals surface area contributed by atoms with E-state index in [9.17, 15) is 9.90 Å². The molecule has 0 amide bonds. The molecule has 0 atom stereocenters. The third-order valence-corrected chi connectivity index (χ3v) is 2.90. The fourth-order valence-electron chi connectivity index (χ4n) is 2.00. The Morgan fingerprint density at radius 2 is 2.15 bits per heavy atom. The van der Waals surface area contributed by atoms with Crippen LogP contribution < -0.4 is 0 Å². The van der Waals surface area contributed by atoms with Gasteiger partial charge < -0.3 is 5.11 Å². The van der Waals surface area contributed by atoms with E-state index in [1.165, 1.54) is 17.0 Å². The van der Waals surface area contributed by atoms with Crippen LogP contribution in [0.2, 0.25) is 0 Å². The summed E-state index contributed by atoms with van der Waals surface area (Å²) in [6, 6.07) is 10.7. The summed E-state index contributed by atoms with van der Waals surface area (Å²) in [7, 11) is 0. The van der Waals surface area contributed by atoms with Crippen LogP contribution in [0, 0.1) is 11.3 Å². The molecule has 0 saturated heterocycles. The third kappa shape index (κ3) is 1.78. The molecule has 0 aliphatic carbocycles. The largest absolute Gasteiger partial charge is 0.478 e. The number of hydrogen-bond acceptors (Lipinski definition) is 4. The van der Waals surface area contributed by atoms with Gasteiger partial charge in [0, 0.05) is 17.8 Å². The Hall–Kier alpha value is -3.20. The molecule has 1 N–H and O–H groups in total. The average Bonchev–Trinajstić information content (AvgIpc) is 2.94. The number of hydrogen-bond donors (Lipinski definition) is 1. The molecule has 6 nitrogen and oxygen atoms in total. The van der Waals surface area contributed by atoms with Crippen molar-refractivity contribution in [2.75, 3.05) is 0 Å². The Bertz CT molecular complexity index is 861. The van der Waals surface area contributed by atoms with Gasteiger partial charge in [-0.1, -0.05) is 18.2 Å². The van der Waals surface area contributed by atoms with Crippen LogP contribution in [0.1, 0.15) is 16.2 Å². The Balaban J connectivity index is 2.36. The lowest BCUT2D eigenvalue weighted by atomic mass is 10.1. The van der Waals surface area contributed by atoms with Gasteiger partial charge >= 0.3 is 5.97 Å². The zero-order valence-electron chi connectivity index (χ0n) is 10.2. The van der Waals surface area contributed by atoms with Crippen LogP contribution in [0.4, 0.5) is 0 Å². The zero-order valence-corrected chi connectivity index (χ0v) is 10.2. The van der Waals surface area contributed by atoms with E-state index in [1.807, 2.05) is 18.2 Å². The highest BCUT2D eigenvalue weighted by Gasteiger charge is 2.17. The van der Waals surface area contributed by atoms with Crippen molar-refractivity contribution in [3.8, 4) is 11.9 Å². The van der Waals surface area contributed by atoms with E-state index in [1.54, 1.807) is 18.2 Å². The number of carboxylic acids is 1. The number of carboxylic acid groups (broad SMARTS) is 1. The summed E-state index contributed by atoms with van der Waals surface area (Å²) < 4.78 is 1.37. The second-order valence-corrected chi connectivity index (χ2v) is 4.09. The third-order valence-electron chi connectivity index (χ3n) is 2.90. The summed E-state index contributed by atoms with van der Waals surface area (Å²) in [5, 5.41) is 19.1. The van der Waals surface area contributed by atoms with Gasteiger partial charge in [-0.3, -0.25) is 4.57 Å². The minimum atomic E-state index is -1.10. The molecule has 0 bridgehead atoms. The summed E-state index contributed by atoms with van der Waals surface area (Å²) in [6.45, 7) is 0. The van der Waals surface area contributed by atoms with Crippen LogP contribution in [0.3, 0.4) is 0 Å². The molecule has 0 unspecified atom stereocenters. The SMILES string of the molecule is N#Cc1nccn1-c1nc2ccccc2cc1C(=O)O. The number of nitrogens with zero attached hydrogens (tertiary/aromatic N) is 4. The van der Waals surface area contributed by atoms with E-state index in [0.29, 0.717) is 5.52 Å². The van der Waals surface area contributed by atoms with Crippen molar-refractivity contribution >= 4 is 16.9 Å². The van der Waals surface area contributed by atoms with Crippen LogP contribution >= 0.6 is 0 Å². The number of nitriles is 1. The number of imidazole rings is 1. The van der Waals surface area contributed by atoms with Gasteiger partial charge in [-0.2, -0.15) is 5.26 Å². The molecule has 3 aromatic rings. The predicted octanol–water partition coefficient (Wildman–Crippen LogP) is 1.99. The molecule has 2 aromatic heterocycles. The summed E-state index contributed by atoms with van der Waals surface area (Å²) in [6.07, 6.45) is 2.95. The molecule has 20 heavy (non-hydrogen) atoms. The highest BCUT2D eigenvalue weighted by Crippen LogP contribution is 2.20. The molecular formula is C14H8N4O2. The van der Waals surface area contributed by atoms with Crippen molar-refractivity contribution in [1.82, 2.24) is 14.5 Å². The second-order valence-electron chi connectivity index (χ2n) is 4.09. The summed E-state index contributed by atoms with van der Waals surface area (Å²) >= 11 is 0. The molecule has 2 heterocycles. The van der Waals surface area contributed by atoms with Gasteiger partial charge in [0.1, 0.15) is 11.6 Å². The van der Waals surface area contributed by atoms with Gasteiger partial charge in [-0.05, 0) is 12.1 Å². The number of fused-ring (bicyclic) bond motifs is 1. The van der Waals surface area contributed by atoms with Gasteiger partial charge in [0.25, 0.3) is 0 Å². The van der Waals surface area contributed by atoms with Gasteiger partial charge in [0.15, 0.2) is 5.82 Å². The normalized spacial score (nSPS) is 10.3. The van der Waals surface area contributed by atoms with Crippen molar-refractivity contribution in [2.45, 2.75) is 0 Å². The number of carbonyl (C=O) groups is 1. The summed E-state index contributed by atoms with van der Waals surface area (Å²) in [4.78, 5) is 19.6. The van der Waals surface area contributed by atoms with Crippen LogP contribution in [0.5, 0.6) is 0 Å². The van der Waals surface area contributed by atoms with Crippen molar-refractivity contribution in [3.05, 3.63) is 54.1 Å². The maximum Gasteiger partial charge on any atom is 0.339 e. The average molecular weight is 264 g/mol. The van der Waals surface area contributed by atoms with Gasteiger partial charge in [0.2, 0.25) is 5.82 Å². The topological polar surface area (TPSA) is 91.8 Å². The minimum absolute atomic E-state index is 0.0261. The molecule has 0 spiro atoms. The lowest BCUT2D eigenvalue weighted by Gasteiger charge is -2.08. The molecule has 0 saturated carbocycles. The first kappa shape index (κ1) is 11.9. The van der Waals surface area contributed by atoms with E-state index >= 15 is 0 Å². The molecule has 0 aliphatic heterocycles. The van der Waals surface area contributed by atoms with E-state index < -0.39 is 5.97 Å². The number of para-hydroxylation sites is 1. The Kier molecular flexibility index (Phi) is 2.66. The number of aromatic carboxylic acids is 1. The molecule has 0 radical (unpaired) electrons. The van der Waals surface area contributed by atoms with Gasteiger partial charge in [0.05, 0.1) is 5.52 Å². The zero-order chi connectivity index (χ0) is 14.1.